The molecule has 0 saturated carbocycles. The summed E-state index contributed by atoms with van der Waals surface area (Å²) >= 11 is 1.84. The Balaban J connectivity index is 1.20. The number of fused-ring (bicyclic) bond motifs is 1. The first kappa shape index (κ1) is 39.4. The molecular weight excluding hydrogens is 697 g/mol. The summed E-state index contributed by atoms with van der Waals surface area (Å²) in [5.41, 5.74) is 2.76. The van der Waals surface area contributed by atoms with Crippen molar-refractivity contribution in [3.05, 3.63) is 96.1 Å². The molecule has 10 heteroatoms. The van der Waals surface area contributed by atoms with Gasteiger partial charge in [-0.25, -0.2) is 0 Å². The standard InChI is InChI=1S/C44H56N4O5S/c1-3-35-19-14-23-40-48(35)44(52)37(26-28-54-40)46-42(50)34(30-32-17-8-5-9-18-32)25-24-33(29-31-15-6-4-7-16-31)41(49)45-36-20-12-13-27-47(43(36)51)38-21-10-11-22-39(38)53-2/h4-11,15-18,21-22,33-37,40H,3,12-14,19-20,23-30H2,1-2H3,(H,45,49)(H,46,50)/t33-,34-,35-,36+,37+,40+/m1/s1. The maximum atomic E-state index is 14.3. The number of piperidine rings is 1. The molecule has 54 heavy (non-hydrogen) atoms. The smallest absolute Gasteiger partial charge is 0.249 e. The summed E-state index contributed by atoms with van der Waals surface area (Å²) in [5, 5.41) is 6.55. The van der Waals surface area contributed by atoms with Gasteiger partial charge in [0.05, 0.1) is 18.2 Å². The van der Waals surface area contributed by atoms with Crippen LogP contribution in [0.1, 0.15) is 82.3 Å². The lowest BCUT2D eigenvalue weighted by Gasteiger charge is -2.41. The second-order valence-corrected chi connectivity index (χ2v) is 16.3. The molecule has 0 unspecified atom stereocenters. The third kappa shape index (κ3) is 9.86. The molecule has 0 radical (unpaired) electrons. The normalized spacial score (nSPS) is 23.0. The summed E-state index contributed by atoms with van der Waals surface area (Å²) in [6.45, 7) is 2.69. The van der Waals surface area contributed by atoms with Gasteiger partial charge in [-0.05, 0) is 106 Å². The van der Waals surface area contributed by atoms with Crippen LogP contribution in [0.5, 0.6) is 5.75 Å². The fourth-order valence-electron chi connectivity index (χ4n) is 8.38. The van der Waals surface area contributed by atoms with Crippen molar-refractivity contribution >= 4 is 41.1 Å². The molecule has 3 aliphatic heterocycles. The fourth-order valence-corrected chi connectivity index (χ4v) is 9.80. The van der Waals surface area contributed by atoms with Crippen LogP contribution in [0.2, 0.25) is 0 Å². The number of para-hydroxylation sites is 2. The van der Waals surface area contributed by atoms with Crippen molar-refractivity contribution in [3.8, 4) is 5.75 Å². The van der Waals surface area contributed by atoms with Crippen LogP contribution in [0.3, 0.4) is 0 Å². The van der Waals surface area contributed by atoms with Gasteiger partial charge in [0, 0.05) is 24.4 Å². The van der Waals surface area contributed by atoms with E-state index in [2.05, 4.69) is 22.5 Å². The molecule has 3 aromatic carbocycles. The number of nitrogens with zero attached hydrogens (tertiary/aromatic N) is 2. The van der Waals surface area contributed by atoms with Crippen molar-refractivity contribution in [3.63, 3.8) is 0 Å². The summed E-state index contributed by atoms with van der Waals surface area (Å²) in [4.78, 5) is 60.5. The highest BCUT2D eigenvalue weighted by atomic mass is 32.2. The molecule has 0 aliphatic carbocycles. The zero-order valence-electron chi connectivity index (χ0n) is 31.8. The average molecular weight is 753 g/mol. The van der Waals surface area contributed by atoms with E-state index in [0.717, 1.165) is 55.4 Å². The molecule has 4 amide bonds. The van der Waals surface area contributed by atoms with E-state index in [9.17, 15) is 19.2 Å². The number of ether oxygens (including phenoxy) is 1. The molecule has 3 aromatic rings. The van der Waals surface area contributed by atoms with Crippen molar-refractivity contribution in [2.75, 3.05) is 24.3 Å². The number of hydrogen-bond donors (Lipinski definition) is 2. The zero-order chi connectivity index (χ0) is 37.9. The number of carbonyl (C=O) groups is 4. The van der Waals surface area contributed by atoms with Crippen LogP contribution < -0.4 is 20.3 Å². The molecule has 6 rings (SSSR count). The predicted molar refractivity (Wildman–Crippen MR) is 215 cm³/mol. The second-order valence-electron chi connectivity index (χ2n) is 15.0. The van der Waals surface area contributed by atoms with Gasteiger partial charge in [-0.15, -0.1) is 11.8 Å². The van der Waals surface area contributed by atoms with Crippen LogP contribution in [0, 0.1) is 11.8 Å². The number of thioether (sulfide) groups is 1. The quantitative estimate of drug-likeness (QED) is 0.185. The largest absolute Gasteiger partial charge is 0.495 e. The lowest BCUT2D eigenvalue weighted by atomic mass is 9.86. The first-order chi connectivity index (χ1) is 26.4. The molecule has 3 heterocycles. The van der Waals surface area contributed by atoms with Crippen LogP contribution in [0.25, 0.3) is 0 Å². The SMILES string of the molecule is CC[C@@H]1CCC[C@@H]2SCC[C@H](NC(=O)[C@H](CC[C@H](Cc3ccccc3)C(=O)N[C@H]3CCCCN(c4ccccc4OC)C3=O)Cc3ccccc3)C(=O)N12. The first-order valence-corrected chi connectivity index (χ1v) is 21.0. The lowest BCUT2D eigenvalue weighted by Crippen LogP contribution is -2.55. The van der Waals surface area contributed by atoms with Gasteiger partial charge in [0.2, 0.25) is 23.6 Å². The monoisotopic (exact) mass is 752 g/mol. The van der Waals surface area contributed by atoms with Gasteiger partial charge in [0.1, 0.15) is 17.8 Å². The number of methoxy groups -OCH3 is 1. The van der Waals surface area contributed by atoms with E-state index in [1.54, 1.807) is 12.0 Å². The minimum atomic E-state index is -0.670. The average Bonchev–Trinajstić information content (AvgIpc) is 3.48. The maximum Gasteiger partial charge on any atom is 0.249 e. The molecule has 288 valence electrons. The molecule has 0 spiro atoms. The number of hydrogen-bond acceptors (Lipinski definition) is 6. The van der Waals surface area contributed by atoms with Crippen LogP contribution in [0.4, 0.5) is 5.69 Å². The minimum Gasteiger partial charge on any atom is -0.495 e. The highest BCUT2D eigenvalue weighted by Gasteiger charge is 2.40. The lowest BCUT2D eigenvalue weighted by molar-refractivity contribution is -0.141. The van der Waals surface area contributed by atoms with Gasteiger partial charge in [0.15, 0.2) is 0 Å². The third-order valence-corrected chi connectivity index (χ3v) is 12.7. The van der Waals surface area contributed by atoms with Gasteiger partial charge in [-0.1, -0.05) is 79.7 Å². The fraction of sp³-hybridized carbons (Fsp3) is 0.500. The molecule has 3 saturated heterocycles. The summed E-state index contributed by atoms with van der Waals surface area (Å²) < 4.78 is 5.58. The Morgan fingerprint density at radius 1 is 0.741 bits per heavy atom. The maximum absolute atomic E-state index is 14.3. The van der Waals surface area contributed by atoms with Crippen LogP contribution in [-0.4, -0.2) is 71.4 Å². The molecule has 3 fully saturated rings. The van der Waals surface area contributed by atoms with E-state index in [1.807, 2.05) is 96.7 Å². The van der Waals surface area contributed by atoms with Crippen molar-refractivity contribution < 1.29 is 23.9 Å². The summed E-state index contributed by atoms with van der Waals surface area (Å²) in [5.74, 6) is 0.106. The van der Waals surface area contributed by atoms with E-state index in [-0.39, 0.29) is 35.0 Å². The number of carbonyl (C=O) groups excluding carboxylic acids is 4. The Hall–Kier alpha value is -4.31. The molecule has 3 aliphatic rings. The van der Waals surface area contributed by atoms with Gasteiger partial charge in [0.25, 0.3) is 0 Å². The number of rotatable bonds is 14. The van der Waals surface area contributed by atoms with Crippen molar-refractivity contribution in [1.82, 2.24) is 15.5 Å². The summed E-state index contributed by atoms with van der Waals surface area (Å²) in [6.07, 6.45) is 8.72. The zero-order valence-corrected chi connectivity index (χ0v) is 32.6. The number of anilines is 1. The first-order valence-electron chi connectivity index (χ1n) is 19.9. The molecule has 2 N–H and O–H groups in total. The Morgan fingerprint density at radius 2 is 1.33 bits per heavy atom. The van der Waals surface area contributed by atoms with Gasteiger partial charge >= 0.3 is 0 Å². The molecule has 9 nitrogen and oxygen atoms in total. The van der Waals surface area contributed by atoms with E-state index in [4.69, 9.17) is 4.74 Å². The molecule has 0 bridgehead atoms. The Bertz CT molecular complexity index is 1710. The van der Waals surface area contributed by atoms with E-state index >= 15 is 0 Å². The predicted octanol–water partition coefficient (Wildman–Crippen LogP) is 6.93. The topological polar surface area (TPSA) is 108 Å². The van der Waals surface area contributed by atoms with Crippen LogP contribution in [0.15, 0.2) is 84.9 Å². The van der Waals surface area contributed by atoms with Crippen LogP contribution >= 0.6 is 11.8 Å². The van der Waals surface area contributed by atoms with E-state index < -0.39 is 23.9 Å². The Morgan fingerprint density at radius 3 is 1.94 bits per heavy atom. The Kier molecular flexibility index (Phi) is 14.1. The number of amides is 4. The summed E-state index contributed by atoms with van der Waals surface area (Å²) in [7, 11) is 1.60. The number of benzene rings is 3. The molecular formula is C44H56N4O5S. The highest BCUT2D eigenvalue weighted by Crippen LogP contribution is 2.36. The van der Waals surface area contributed by atoms with Crippen molar-refractivity contribution in [2.45, 2.75) is 107 Å². The third-order valence-electron chi connectivity index (χ3n) is 11.4. The molecule has 6 atom stereocenters. The molecule has 0 aromatic heterocycles. The van der Waals surface area contributed by atoms with Crippen LogP contribution in [-0.2, 0) is 32.0 Å². The summed E-state index contributed by atoms with van der Waals surface area (Å²) in [6, 6.07) is 26.3. The highest BCUT2D eigenvalue weighted by molar-refractivity contribution is 7.99. The van der Waals surface area contributed by atoms with E-state index in [0.29, 0.717) is 56.5 Å². The van der Waals surface area contributed by atoms with Crippen molar-refractivity contribution in [2.24, 2.45) is 11.8 Å². The Labute approximate surface area is 325 Å². The van der Waals surface area contributed by atoms with Crippen molar-refractivity contribution in [1.29, 1.82) is 0 Å². The number of nitrogens with one attached hydrogen (secondary N) is 2. The minimum absolute atomic E-state index is 0.0416. The van der Waals surface area contributed by atoms with E-state index in [1.165, 1.54) is 0 Å². The van der Waals surface area contributed by atoms with Gasteiger partial charge < -0.3 is 25.2 Å². The second kappa shape index (κ2) is 19.3. The van der Waals surface area contributed by atoms with Gasteiger partial charge in [-0.2, -0.15) is 0 Å². The van der Waals surface area contributed by atoms with Gasteiger partial charge in [-0.3, -0.25) is 19.2 Å².